The van der Waals surface area contributed by atoms with E-state index in [9.17, 15) is 23.5 Å². The van der Waals surface area contributed by atoms with Crippen LogP contribution in [0.2, 0.25) is 0 Å². The molecule has 0 radical (unpaired) electrons. The van der Waals surface area contributed by atoms with Crippen molar-refractivity contribution in [1.82, 2.24) is 9.58 Å². The lowest BCUT2D eigenvalue weighted by Gasteiger charge is -2.51. The number of aromatic nitrogens is 1. The summed E-state index contributed by atoms with van der Waals surface area (Å²) in [6.45, 7) is 0.165. The zero-order chi connectivity index (χ0) is 23.6. The van der Waals surface area contributed by atoms with E-state index in [1.165, 1.54) is 16.9 Å². The Bertz CT molecular complexity index is 1360. The molecule has 174 valence electrons. The lowest BCUT2D eigenvalue weighted by molar-refractivity contribution is 0.0474. The largest absolute Gasteiger partial charge is 0.502 e. The fraction of sp³-hybridized carbons (Fsp3) is 0.280. The maximum atomic E-state index is 14.5. The Kier molecular flexibility index (Phi) is 4.62. The summed E-state index contributed by atoms with van der Waals surface area (Å²) in [7, 11) is 0. The molecule has 1 unspecified atom stereocenters. The highest BCUT2D eigenvalue weighted by atomic mass is 19.2. The van der Waals surface area contributed by atoms with Crippen LogP contribution in [0.1, 0.15) is 46.9 Å². The fourth-order valence-electron chi connectivity index (χ4n) is 5.03. The predicted molar refractivity (Wildman–Crippen MR) is 118 cm³/mol. The molecule has 0 bridgehead atoms. The first-order valence-electron chi connectivity index (χ1n) is 11.2. The highest BCUT2D eigenvalue weighted by Gasteiger charge is 2.49. The smallest absolute Gasteiger partial charge is 0.278 e. The van der Waals surface area contributed by atoms with Gasteiger partial charge < -0.3 is 14.7 Å². The van der Waals surface area contributed by atoms with Crippen molar-refractivity contribution < 1.29 is 23.4 Å². The van der Waals surface area contributed by atoms with Gasteiger partial charge in [0.25, 0.3) is 5.91 Å². The number of nitrogens with zero attached hydrogens (tertiary/aromatic N) is 3. The number of carbonyl (C=O) groups excluding carboxylic acids is 1. The Morgan fingerprint density at radius 1 is 0.971 bits per heavy atom. The van der Waals surface area contributed by atoms with Crippen molar-refractivity contribution in [1.29, 1.82) is 0 Å². The number of benzene rings is 2. The third-order valence-corrected chi connectivity index (χ3v) is 6.67. The molecule has 3 aromatic rings. The first-order valence-corrected chi connectivity index (χ1v) is 11.2. The van der Waals surface area contributed by atoms with E-state index in [1.807, 2.05) is 35.3 Å². The molecule has 3 aliphatic rings. The van der Waals surface area contributed by atoms with E-state index in [4.69, 9.17) is 4.74 Å². The summed E-state index contributed by atoms with van der Waals surface area (Å²) < 4.78 is 36.1. The van der Waals surface area contributed by atoms with Crippen molar-refractivity contribution in [2.45, 2.75) is 37.5 Å². The minimum Gasteiger partial charge on any atom is -0.502 e. The maximum Gasteiger partial charge on any atom is 0.278 e. The molecule has 2 aromatic carbocycles. The molecule has 1 N–H and O–H groups in total. The number of amides is 1. The molecule has 34 heavy (non-hydrogen) atoms. The van der Waals surface area contributed by atoms with Gasteiger partial charge in [0.1, 0.15) is 18.0 Å². The Morgan fingerprint density at radius 3 is 2.44 bits per heavy atom. The standard InChI is InChI=1S/C25H21F2N3O4/c26-17-12-16-20(13-18(17)27)34-11-9-21-29(15-6-7-15)25(33)23-24(32)19(31)8-10-28(23)30(21)22(16)14-4-2-1-3-5-14/h1-5,8,10,12-13,15,21-22,32H,6-7,9,11H2/t21?,22-/m0/s1. The normalized spacial score (nSPS) is 21.6. The van der Waals surface area contributed by atoms with Crippen LogP contribution < -0.4 is 15.2 Å². The van der Waals surface area contributed by atoms with Gasteiger partial charge in [-0.05, 0) is 24.5 Å². The van der Waals surface area contributed by atoms with Crippen molar-refractivity contribution in [3.63, 3.8) is 0 Å². The molecule has 1 aromatic heterocycles. The summed E-state index contributed by atoms with van der Waals surface area (Å²) in [5.74, 6) is -2.90. The number of hydrogen-bond donors (Lipinski definition) is 1. The molecular formula is C25H21F2N3O4. The SMILES string of the molecule is O=C1c2c(O)c(=O)ccn2N2C(CCOc3cc(F)c(F)cc3[C@@H]2c2ccccc2)N1C1CC1. The third-order valence-electron chi connectivity index (χ3n) is 6.67. The number of rotatable bonds is 2. The number of hydrogen-bond acceptors (Lipinski definition) is 5. The summed E-state index contributed by atoms with van der Waals surface area (Å²) in [5.41, 5.74) is 0.333. The second-order valence-corrected chi connectivity index (χ2v) is 8.78. The molecular weight excluding hydrogens is 444 g/mol. The zero-order valence-corrected chi connectivity index (χ0v) is 18.0. The van der Waals surface area contributed by atoms with Gasteiger partial charge >= 0.3 is 0 Å². The number of ether oxygens (including phenoxy) is 1. The fourth-order valence-corrected chi connectivity index (χ4v) is 5.03. The van der Waals surface area contributed by atoms with E-state index in [1.54, 1.807) is 4.90 Å². The second kappa shape index (κ2) is 7.58. The molecule has 1 amide bonds. The molecule has 6 rings (SSSR count). The average molecular weight is 465 g/mol. The van der Waals surface area contributed by atoms with Gasteiger partial charge in [0.05, 0.1) is 6.61 Å². The Hall–Kier alpha value is -3.88. The predicted octanol–water partition coefficient (Wildman–Crippen LogP) is 3.29. The maximum absolute atomic E-state index is 14.5. The number of pyridine rings is 1. The molecule has 9 heteroatoms. The number of fused-ring (bicyclic) bond motifs is 4. The second-order valence-electron chi connectivity index (χ2n) is 8.78. The Labute approximate surface area is 193 Å². The van der Waals surface area contributed by atoms with Crippen molar-refractivity contribution in [3.8, 4) is 11.5 Å². The molecule has 0 saturated heterocycles. The van der Waals surface area contributed by atoms with Crippen molar-refractivity contribution in [2.24, 2.45) is 0 Å². The van der Waals surface area contributed by atoms with Crippen LogP contribution in [0.25, 0.3) is 0 Å². The van der Waals surface area contributed by atoms with Crippen LogP contribution in [-0.2, 0) is 0 Å². The van der Waals surface area contributed by atoms with Gasteiger partial charge in [-0.1, -0.05) is 30.3 Å². The topological polar surface area (TPSA) is 75.0 Å². The summed E-state index contributed by atoms with van der Waals surface area (Å²) >= 11 is 0. The highest BCUT2D eigenvalue weighted by Crippen LogP contribution is 2.44. The van der Waals surface area contributed by atoms with Crippen molar-refractivity contribution in [3.05, 3.63) is 93.4 Å². The molecule has 1 fully saturated rings. The summed E-state index contributed by atoms with van der Waals surface area (Å²) in [6, 6.07) is 11.8. The van der Waals surface area contributed by atoms with Gasteiger partial charge in [-0.25, -0.2) is 8.78 Å². The number of carbonyl (C=O) groups is 1. The summed E-state index contributed by atoms with van der Waals surface area (Å²) in [4.78, 5) is 27.5. The molecule has 7 nitrogen and oxygen atoms in total. The van der Waals surface area contributed by atoms with E-state index in [0.29, 0.717) is 12.0 Å². The van der Waals surface area contributed by atoms with Crippen LogP contribution >= 0.6 is 0 Å². The number of aromatic hydroxyl groups is 1. The average Bonchev–Trinajstić information content (AvgIpc) is 3.65. The Balaban J connectivity index is 1.67. The van der Waals surface area contributed by atoms with Gasteiger partial charge in [0.15, 0.2) is 23.1 Å². The van der Waals surface area contributed by atoms with Gasteiger partial charge in [0.2, 0.25) is 5.43 Å². The molecule has 3 heterocycles. The first-order chi connectivity index (χ1) is 16.5. The van der Waals surface area contributed by atoms with E-state index in [0.717, 1.165) is 30.5 Å². The quantitative estimate of drug-likeness (QED) is 0.629. The highest BCUT2D eigenvalue weighted by molar-refractivity contribution is 5.97. The first kappa shape index (κ1) is 20.7. The van der Waals surface area contributed by atoms with E-state index < -0.39 is 40.9 Å². The Morgan fingerprint density at radius 2 is 1.71 bits per heavy atom. The van der Waals surface area contributed by atoms with Crippen LogP contribution in [-0.4, -0.2) is 39.4 Å². The molecule has 1 aliphatic carbocycles. The lowest BCUT2D eigenvalue weighted by Crippen LogP contribution is -2.63. The van der Waals surface area contributed by atoms with Crippen LogP contribution in [0.5, 0.6) is 11.5 Å². The van der Waals surface area contributed by atoms with Gasteiger partial charge in [-0.15, -0.1) is 0 Å². The van der Waals surface area contributed by atoms with Crippen LogP contribution in [0.3, 0.4) is 0 Å². The van der Waals surface area contributed by atoms with Gasteiger partial charge in [0, 0.05) is 36.4 Å². The van der Waals surface area contributed by atoms with Crippen LogP contribution in [0, 0.1) is 11.6 Å². The van der Waals surface area contributed by atoms with E-state index >= 15 is 0 Å². The van der Waals surface area contributed by atoms with Crippen molar-refractivity contribution >= 4 is 5.91 Å². The lowest BCUT2D eigenvalue weighted by atomic mass is 9.94. The summed E-state index contributed by atoms with van der Waals surface area (Å²) in [5, 5.41) is 12.5. The summed E-state index contributed by atoms with van der Waals surface area (Å²) in [6.07, 6.45) is 2.95. The van der Waals surface area contributed by atoms with Gasteiger partial charge in [-0.2, -0.15) is 0 Å². The number of halogens is 2. The zero-order valence-electron chi connectivity index (χ0n) is 18.0. The van der Waals surface area contributed by atoms with E-state index in [2.05, 4.69) is 0 Å². The molecule has 2 aliphatic heterocycles. The van der Waals surface area contributed by atoms with Crippen LogP contribution in [0.15, 0.2) is 59.5 Å². The monoisotopic (exact) mass is 465 g/mol. The minimum absolute atomic E-state index is 0.0382. The molecule has 1 saturated carbocycles. The van der Waals surface area contributed by atoms with E-state index in [-0.39, 0.29) is 24.1 Å². The molecule has 0 spiro atoms. The minimum atomic E-state index is -1.02. The third kappa shape index (κ3) is 3.07. The van der Waals surface area contributed by atoms with Crippen molar-refractivity contribution in [2.75, 3.05) is 11.6 Å². The molecule has 2 atom stereocenters. The van der Waals surface area contributed by atoms with Gasteiger partial charge in [-0.3, -0.25) is 19.3 Å². The van der Waals surface area contributed by atoms with Crippen LogP contribution in [0.4, 0.5) is 8.78 Å².